The smallest absolute Gasteiger partial charge is 0.306 e. The van der Waals surface area contributed by atoms with E-state index < -0.39 is 5.97 Å². The van der Waals surface area contributed by atoms with Crippen LogP contribution < -0.4 is 0 Å². The highest BCUT2D eigenvalue weighted by Crippen LogP contribution is 2.08. The minimum absolute atomic E-state index is 0.0341. The summed E-state index contributed by atoms with van der Waals surface area (Å²) < 4.78 is 11.3. The van der Waals surface area contributed by atoms with E-state index in [9.17, 15) is 4.79 Å². The van der Waals surface area contributed by atoms with Crippen molar-refractivity contribution in [2.75, 3.05) is 19.8 Å². The van der Waals surface area contributed by atoms with Gasteiger partial charge in [0, 0.05) is 13.2 Å². The second kappa shape index (κ2) is 18.7. The molecular formula is C20H40O4. The van der Waals surface area contributed by atoms with E-state index in [-0.39, 0.29) is 12.5 Å². The molecule has 0 saturated heterocycles. The van der Waals surface area contributed by atoms with Gasteiger partial charge in [0.1, 0.15) is 0 Å². The topological polar surface area (TPSA) is 55.8 Å². The molecule has 0 aromatic carbocycles. The van der Waals surface area contributed by atoms with Crippen LogP contribution in [0.5, 0.6) is 0 Å². The van der Waals surface area contributed by atoms with Crippen molar-refractivity contribution < 1.29 is 19.4 Å². The average molecular weight is 345 g/mol. The van der Waals surface area contributed by atoms with Crippen molar-refractivity contribution in [2.24, 2.45) is 0 Å². The van der Waals surface area contributed by atoms with Crippen LogP contribution in [-0.2, 0) is 14.3 Å². The number of ether oxygens (including phenoxy) is 2. The van der Waals surface area contributed by atoms with Gasteiger partial charge in [-0.3, -0.25) is 4.79 Å². The van der Waals surface area contributed by atoms with Crippen molar-refractivity contribution in [2.45, 2.75) is 103 Å². The molecule has 0 saturated carbocycles. The maximum absolute atomic E-state index is 10.9. The average Bonchev–Trinajstić information content (AvgIpc) is 2.55. The Kier molecular flexibility index (Phi) is 18.2. The van der Waals surface area contributed by atoms with Crippen molar-refractivity contribution >= 4 is 5.97 Å². The summed E-state index contributed by atoms with van der Waals surface area (Å²) in [7, 11) is 0. The minimum atomic E-state index is -0.814. The van der Waals surface area contributed by atoms with Crippen LogP contribution in [0.1, 0.15) is 97.3 Å². The van der Waals surface area contributed by atoms with Crippen molar-refractivity contribution in [3.05, 3.63) is 0 Å². The zero-order valence-corrected chi connectivity index (χ0v) is 16.1. The molecule has 1 atom stereocenters. The molecule has 4 heteroatoms. The van der Waals surface area contributed by atoms with Gasteiger partial charge in [-0.2, -0.15) is 0 Å². The lowest BCUT2D eigenvalue weighted by atomic mass is 10.1. The van der Waals surface area contributed by atoms with Gasteiger partial charge in [-0.15, -0.1) is 0 Å². The van der Waals surface area contributed by atoms with Gasteiger partial charge in [0.2, 0.25) is 0 Å². The third-order valence-electron chi connectivity index (χ3n) is 4.20. The number of carboxylic acid groups (broad SMARTS) is 1. The molecule has 0 amide bonds. The summed E-state index contributed by atoms with van der Waals surface area (Å²) in [6.07, 6.45) is 14.4. The first kappa shape index (κ1) is 23.4. The van der Waals surface area contributed by atoms with Crippen molar-refractivity contribution in [1.29, 1.82) is 0 Å². The van der Waals surface area contributed by atoms with E-state index in [4.69, 9.17) is 14.6 Å². The van der Waals surface area contributed by atoms with Gasteiger partial charge in [0.05, 0.1) is 19.1 Å². The molecule has 0 spiro atoms. The molecule has 24 heavy (non-hydrogen) atoms. The SMILES string of the molecule is CCCCCCCCOCC(CC(=O)O)OCCCCCCCC. The third-order valence-corrected chi connectivity index (χ3v) is 4.20. The molecule has 4 nitrogen and oxygen atoms in total. The molecule has 1 N–H and O–H groups in total. The Hall–Kier alpha value is -0.610. The van der Waals surface area contributed by atoms with E-state index in [0.717, 1.165) is 12.8 Å². The van der Waals surface area contributed by atoms with Crippen molar-refractivity contribution in [3.63, 3.8) is 0 Å². The molecule has 0 aromatic heterocycles. The molecule has 0 bridgehead atoms. The molecule has 0 radical (unpaired) electrons. The quantitative estimate of drug-likeness (QED) is 0.311. The van der Waals surface area contributed by atoms with Crippen LogP contribution in [0.3, 0.4) is 0 Å². The zero-order valence-electron chi connectivity index (χ0n) is 16.1. The Balaban J connectivity index is 3.61. The lowest BCUT2D eigenvalue weighted by molar-refractivity contribution is -0.141. The van der Waals surface area contributed by atoms with Crippen LogP contribution >= 0.6 is 0 Å². The Morgan fingerprint density at radius 3 is 1.83 bits per heavy atom. The summed E-state index contributed by atoms with van der Waals surface area (Å²) in [5, 5.41) is 8.97. The summed E-state index contributed by atoms with van der Waals surface area (Å²) in [6.45, 7) is 6.19. The normalized spacial score (nSPS) is 12.4. The van der Waals surface area contributed by atoms with Gasteiger partial charge in [0.15, 0.2) is 0 Å². The third kappa shape index (κ3) is 17.7. The number of aliphatic carboxylic acids is 1. The van der Waals surface area contributed by atoms with Crippen LogP contribution in [0, 0.1) is 0 Å². The van der Waals surface area contributed by atoms with Gasteiger partial charge >= 0.3 is 5.97 Å². The largest absolute Gasteiger partial charge is 0.481 e. The first-order chi connectivity index (χ1) is 11.7. The zero-order chi connectivity index (χ0) is 17.9. The van der Waals surface area contributed by atoms with Crippen molar-refractivity contribution in [3.8, 4) is 0 Å². The van der Waals surface area contributed by atoms with Gasteiger partial charge < -0.3 is 14.6 Å². The first-order valence-corrected chi connectivity index (χ1v) is 10.1. The molecule has 0 aliphatic carbocycles. The lowest BCUT2D eigenvalue weighted by Crippen LogP contribution is -2.24. The summed E-state index contributed by atoms with van der Waals surface area (Å²) in [6, 6.07) is 0. The Morgan fingerprint density at radius 1 is 0.792 bits per heavy atom. The lowest BCUT2D eigenvalue weighted by Gasteiger charge is -2.16. The standard InChI is InChI=1S/C20H40O4/c1-3-5-7-9-11-13-15-23-18-19(17-20(21)22)24-16-14-12-10-8-6-4-2/h19H,3-18H2,1-2H3,(H,21,22). The maximum Gasteiger partial charge on any atom is 0.306 e. The highest BCUT2D eigenvalue weighted by molar-refractivity contribution is 5.67. The van der Waals surface area contributed by atoms with Gasteiger partial charge in [-0.05, 0) is 12.8 Å². The number of carbonyl (C=O) groups is 1. The van der Waals surface area contributed by atoms with E-state index in [2.05, 4.69) is 13.8 Å². The van der Waals surface area contributed by atoms with Crippen LogP contribution in [0.2, 0.25) is 0 Å². The fourth-order valence-corrected chi connectivity index (χ4v) is 2.69. The maximum atomic E-state index is 10.9. The second-order valence-electron chi connectivity index (χ2n) is 6.70. The summed E-state index contributed by atoms with van der Waals surface area (Å²) >= 11 is 0. The van der Waals surface area contributed by atoms with Gasteiger partial charge in [-0.25, -0.2) is 0 Å². The van der Waals surface area contributed by atoms with Crippen molar-refractivity contribution in [1.82, 2.24) is 0 Å². The van der Waals surface area contributed by atoms with E-state index in [1.54, 1.807) is 0 Å². The Bertz CT molecular complexity index is 268. The summed E-state index contributed by atoms with van der Waals surface area (Å²) in [5.41, 5.74) is 0. The molecular weight excluding hydrogens is 304 g/mol. The van der Waals surface area contributed by atoms with Crippen LogP contribution in [0.25, 0.3) is 0 Å². The van der Waals surface area contributed by atoms with E-state index >= 15 is 0 Å². The van der Waals surface area contributed by atoms with Gasteiger partial charge in [-0.1, -0.05) is 78.1 Å². The van der Waals surface area contributed by atoms with Crippen LogP contribution in [0.4, 0.5) is 0 Å². The molecule has 0 aliphatic rings. The van der Waals surface area contributed by atoms with Crippen LogP contribution in [0.15, 0.2) is 0 Å². The molecule has 144 valence electrons. The predicted molar refractivity (Wildman–Crippen MR) is 99.6 cm³/mol. The molecule has 0 aliphatic heterocycles. The van der Waals surface area contributed by atoms with Gasteiger partial charge in [0.25, 0.3) is 0 Å². The van der Waals surface area contributed by atoms with Crippen LogP contribution in [-0.4, -0.2) is 37.0 Å². The molecule has 1 unspecified atom stereocenters. The molecule has 0 rings (SSSR count). The Morgan fingerprint density at radius 2 is 1.29 bits per heavy atom. The molecule has 0 aromatic rings. The number of carboxylic acids is 1. The summed E-state index contributed by atoms with van der Waals surface area (Å²) in [5.74, 6) is -0.814. The number of hydrogen-bond donors (Lipinski definition) is 1. The molecule has 0 fully saturated rings. The number of hydrogen-bond acceptors (Lipinski definition) is 3. The van der Waals surface area contributed by atoms with E-state index in [0.29, 0.717) is 19.8 Å². The monoisotopic (exact) mass is 344 g/mol. The first-order valence-electron chi connectivity index (χ1n) is 10.1. The second-order valence-corrected chi connectivity index (χ2v) is 6.70. The predicted octanol–water partition coefficient (Wildman–Crippen LogP) is 5.58. The fourth-order valence-electron chi connectivity index (χ4n) is 2.69. The number of unbranched alkanes of at least 4 members (excludes halogenated alkanes) is 10. The highest BCUT2D eigenvalue weighted by Gasteiger charge is 2.13. The Labute approximate surface area is 149 Å². The molecule has 0 heterocycles. The minimum Gasteiger partial charge on any atom is -0.481 e. The van der Waals surface area contributed by atoms with E-state index in [1.807, 2.05) is 0 Å². The number of rotatable bonds is 19. The van der Waals surface area contributed by atoms with E-state index in [1.165, 1.54) is 64.2 Å². The fraction of sp³-hybridized carbons (Fsp3) is 0.950. The summed E-state index contributed by atoms with van der Waals surface area (Å²) in [4.78, 5) is 10.9. The highest BCUT2D eigenvalue weighted by atomic mass is 16.5.